The van der Waals surface area contributed by atoms with E-state index in [9.17, 15) is 0 Å². The fourth-order valence-corrected chi connectivity index (χ4v) is 9.32. The van der Waals surface area contributed by atoms with Crippen molar-refractivity contribution in [1.82, 2.24) is 0 Å². The highest BCUT2D eigenvalue weighted by molar-refractivity contribution is 6.13. The third-order valence-electron chi connectivity index (χ3n) is 11.9. The van der Waals surface area contributed by atoms with Crippen LogP contribution in [0.4, 0.5) is 17.1 Å². The van der Waals surface area contributed by atoms with Crippen LogP contribution in [0.1, 0.15) is 27.8 Å². The van der Waals surface area contributed by atoms with Crippen molar-refractivity contribution in [1.29, 1.82) is 0 Å². The Balaban J connectivity index is 1.29. The van der Waals surface area contributed by atoms with Crippen LogP contribution in [0.2, 0.25) is 0 Å². The lowest BCUT2D eigenvalue weighted by molar-refractivity contribution is 0.815. The van der Waals surface area contributed by atoms with Gasteiger partial charge in [-0.05, 0) is 108 Å². The van der Waals surface area contributed by atoms with Gasteiger partial charge in [-0.2, -0.15) is 0 Å². The number of hydrogen-bond donors (Lipinski definition) is 0. The zero-order valence-electron chi connectivity index (χ0n) is 33.3. The number of rotatable bonds is 10. The van der Waals surface area contributed by atoms with Gasteiger partial charge in [0.15, 0.2) is 0 Å². The second-order valence-corrected chi connectivity index (χ2v) is 15.3. The summed E-state index contributed by atoms with van der Waals surface area (Å²) in [5.41, 5.74) is 15.8. The molecule has 0 N–H and O–H groups in total. The molecule has 1 aliphatic rings. The molecule has 0 aromatic heterocycles. The molecule has 0 heterocycles. The summed E-state index contributed by atoms with van der Waals surface area (Å²) in [7, 11) is 0. The average molecular weight is 766 g/mol. The number of allylic oxidation sites excluding steroid dienone is 5. The van der Waals surface area contributed by atoms with E-state index in [2.05, 4.69) is 254 Å². The minimum atomic E-state index is -0.678. The largest absolute Gasteiger partial charge is 0.310 e. The standard InChI is InChI=1S/C59H43N/c1-2-3-35-56-54-39-38-52(60(50-33-18-27-46(40-50)43-21-8-4-9-22-43)51-34-19-28-47(41-51)44-23-10-5-11-24-44)42-57(54)59(48-29-12-6-13-30-48,49-31-14-7-15-32-49)58(56)55-37-20-26-45-25-16-17-36-53(45)55/h2-42H,1H2/b35-3-. The Kier molecular flexibility index (Phi) is 9.69. The number of anilines is 3. The summed E-state index contributed by atoms with van der Waals surface area (Å²) in [6, 6.07) is 83.9. The highest BCUT2D eigenvalue weighted by atomic mass is 15.1. The normalized spacial score (nSPS) is 13.1. The molecule has 0 unspecified atom stereocenters. The van der Waals surface area contributed by atoms with Gasteiger partial charge in [0.1, 0.15) is 0 Å². The van der Waals surface area contributed by atoms with Crippen LogP contribution in [0.3, 0.4) is 0 Å². The highest BCUT2D eigenvalue weighted by Gasteiger charge is 2.48. The molecule has 10 rings (SSSR count). The highest BCUT2D eigenvalue weighted by Crippen LogP contribution is 2.60. The first-order valence-electron chi connectivity index (χ1n) is 20.6. The van der Waals surface area contributed by atoms with Crippen molar-refractivity contribution in [3.05, 3.63) is 283 Å². The van der Waals surface area contributed by atoms with Gasteiger partial charge in [-0.15, -0.1) is 0 Å². The lowest BCUT2D eigenvalue weighted by Crippen LogP contribution is -2.29. The molecule has 0 fully saturated rings. The Morgan fingerprint density at radius 1 is 0.400 bits per heavy atom. The molecule has 284 valence electrons. The molecule has 0 bridgehead atoms. The summed E-state index contributed by atoms with van der Waals surface area (Å²) in [5, 5.41) is 2.44. The molecule has 0 amide bonds. The van der Waals surface area contributed by atoms with Gasteiger partial charge in [-0.1, -0.05) is 219 Å². The van der Waals surface area contributed by atoms with Gasteiger partial charge in [0, 0.05) is 17.1 Å². The molecule has 1 heteroatoms. The summed E-state index contributed by atoms with van der Waals surface area (Å²) in [5.74, 6) is 0. The molecule has 60 heavy (non-hydrogen) atoms. The maximum Gasteiger partial charge on any atom is 0.0720 e. The van der Waals surface area contributed by atoms with E-state index in [1.165, 1.54) is 60.9 Å². The van der Waals surface area contributed by atoms with E-state index in [1.54, 1.807) is 0 Å². The smallest absolute Gasteiger partial charge is 0.0720 e. The average Bonchev–Trinajstić information content (AvgIpc) is 3.62. The fraction of sp³-hybridized carbons (Fsp3) is 0.0169. The number of hydrogen-bond acceptors (Lipinski definition) is 1. The predicted molar refractivity (Wildman–Crippen MR) is 255 cm³/mol. The zero-order valence-corrected chi connectivity index (χ0v) is 33.3. The van der Waals surface area contributed by atoms with Crippen LogP contribution in [-0.4, -0.2) is 0 Å². The van der Waals surface area contributed by atoms with Crippen molar-refractivity contribution in [2.75, 3.05) is 4.90 Å². The van der Waals surface area contributed by atoms with Gasteiger partial charge in [0.25, 0.3) is 0 Å². The van der Waals surface area contributed by atoms with Crippen LogP contribution in [-0.2, 0) is 5.41 Å². The molecule has 0 atom stereocenters. The molecular formula is C59H43N. The second kappa shape index (κ2) is 15.9. The number of fused-ring (bicyclic) bond motifs is 2. The Bertz CT molecular complexity index is 2900. The first-order chi connectivity index (χ1) is 29.7. The first-order valence-corrected chi connectivity index (χ1v) is 20.6. The Hall–Kier alpha value is -7.74. The van der Waals surface area contributed by atoms with Crippen molar-refractivity contribution in [2.45, 2.75) is 5.41 Å². The van der Waals surface area contributed by atoms with Crippen LogP contribution in [0.15, 0.2) is 255 Å². The molecule has 9 aromatic rings. The van der Waals surface area contributed by atoms with Crippen molar-refractivity contribution in [3.8, 4) is 22.3 Å². The summed E-state index contributed by atoms with van der Waals surface area (Å²) in [4.78, 5) is 2.43. The van der Waals surface area contributed by atoms with E-state index < -0.39 is 5.41 Å². The minimum absolute atomic E-state index is 0.678. The maximum absolute atomic E-state index is 4.12. The topological polar surface area (TPSA) is 3.24 Å². The van der Waals surface area contributed by atoms with Crippen LogP contribution in [0.25, 0.3) is 44.2 Å². The Labute approximate surface area is 353 Å². The van der Waals surface area contributed by atoms with E-state index in [0.717, 1.165) is 28.2 Å². The molecule has 0 radical (unpaired) electrons. The van der Waals surface area contributed by atoms with E-state index in [4.69, 9.17) is 0 Å². The van der Waals surface area contributed by atoms with Gasteiger partial charge < -0.3 is 4.90 Å². The summed E-state index contributed by atoms with van der Waals surface area (Å²) in [6.07, 6.45) is 6.23. The summed E-state index contributed by atoms with van der Waals surface area (Å²) < 4.78 is 0. The molecule has 0 aliphatic heterocycles. The molecule has 9 aromatic carbocycles. The minimum Gasteiger partial charge on any atom is -0.310 e. The van der Waals surface area contributed by atoms with E-state index in [-0.39, 0.29) is 0 Å². The van der Waals surface area contributed by atoms with E-state index >= 15 is 0 Å². The van der Waals surface area contributed by atoms with Crippen molar-refractivity contribution < 1.29 is 0 Å². The van der Waals surface area contributed by atoms with Gasteiger partial charge >= 0.3 is 0 Å². The van der Waals surface area contributed by atoms with Gasteiger partial charge in [-0.3, -0.25) is 0 Å². The molecule has 1 aliphatic carbocycles. The SMILES string of the molecule is C=C/C=C\C1=C(c2cccc3ccccc23)C(c2ccccc2)(c2ccccc2)c2cc(N(c3cccc(-c4ccccc4)c3)c3cccc(-c4ccccc4)c3)ccc21. The van der Waals surface area contributed by atoms with Crippen molar-refractivity contribution >= 4 is 39.0 Å². The molecule has 0 saturated heterocycles. The summed E-state index contributed by atoms with van der Waals surface area (Å²) >= 11 is 0. The number of benzene rings is 9. The van der Waals surface area contributed by atoms with E-state index in [0.29, 0.717) is 0 Å². The quantitative estimate of drug-likeness (QED) is 0.125. The van der Waals surface area contributed by atoms with Gasteiger partial charge in [0.05, 0.1) is 5.41 Å². The Morgan fingerprint density at radius 3 is 1.47 bits per heavy atom. The van der Waals surface area contributed by atoms with E-state index in [1.807, 2.05) is 6.08 Å². The number of nitrogens with zero attached hydrogens (tertiary/aromatic N) is 1. The molecule has 0 spiro atoms. The molecule has 1 nitrogen and oxygen atoms in total. The third kappa shape index (κ3) is 6.38. The van der Waals surface area contributed by atoms with Gasteiger partial charge in [-0.25, -0.2) is 0 Å². The summed E-state index contributed by atoms with van der Waals surface area (Å²) in [6.45, 7) is 4.12. The van der Waals surface area contributed by atoms with Gasteiger partial charge in [0.2, 0.25) is 0 Å². The Morgan fingerprint density at radius 2 is 0.883 bits per heavy atom. The maximum atomic E-state index is 4.12. The molecular weight excluding hydrogens is 723 g/mol. The lowest BCUT2D eigenvalue weighted by atomic mass is 9.65. The predicted octanol–water partition coefficient (Wildman–Crippen LogP) is 15.6. The van der Waals surface area contributed by atoms with Crippen LogP contribution < -0.4 is 4.90 Å². The second-order valence-electron chi connectivity index (χ2n) is 15.3. The molecule has 0 saturated carbocycles. The van der Waals surface area contributed by atoms with Crippen molar-refractivity contribution in [3.63, 3.8) is 0 Å². The van der Waals surface area contributed by atoms with Crippen LogP contribution in [0, 0.1) is 0 Å². The van der Waals surface area contributed by atoms with Crippen LogP contribution in [0.5, 0.6) is 0 Å². The fourth-order valence-electron chi connectivity index (χ4n) is 9.32. The van der Waals surface area contributed by atoms with Crippen LogP contribution >= 0.6 is 0 Å². The van der Waals surface area contributed by atoms with Crippen molar-refractivity contribution in [2.24, 2.45) is 0 Å². The monoisotopic (exact) mass is 765 g/mol. The zero-order chi connectivity index (χ0) is 40.3. The lowest BCUT2D eigenvalue weighted by Gasteiger charge is -2.37. The third-order valence-corrected chi connectivity index (χ3v) is 11.9. The first kappa shape index (κ1) is 36.6.